The lowest BCUT2D eigenvalue weighted by atomic mass is 9.82. The minimum absolute atomic E-state index is 0.228. The maximum Gasteiger partial charge on any atom is 0.250 e. The number of aliphatic hydroxyl groups is 1. The third-order valence-corrected chi connectivity index (χ3v) is 4.35. The highest BCUT2D eigenvalue weighted by atomic mass is 16.3. The second kappa shape index (κ2) is 8.49. The van der Waals surface area contributed by atoms with Crippen LogP contribution in [0.3, 0.4) is 0 Å². The number of hydrogen-bond donors (Lipinski definition) is 4. The van der Waals surface area contributed by atoms with E-state index in [-0.39, 0.29) is 5.91 Å². The van der Waals surface area contributed by atoms with Crippen LogP contribution in [0.5, 0.6) is 0 Å². The number of amides is 2. The summed E-state index contributed by atoms with van der Waals surface area (Å²) in [4.78, 5) is 23.7. The number of nitrogens with zero attached hydrogens (tertiary/aromatic N) is 1. The van der Waals surface area contributed by atoms with Crippen LogP contribution in [-0.2, 0) is 9.59 Å². The molecule has 0 unspecified atom stereocenters. The highest BCUT2D eigenvalue weighted by Crippen LogP contribution is 2.27. The van der Waals surface area contributed by atoms with Gasteiger partial charge in [-0.2, -0.15) is 5.26 Å². The summed E-state index contributed by atoms with van der Waals surface area (Å²) in [6.07, 6.45) is 4.36. The number of nitriles is 1. The maximum atomic E-state index is 12.5. The van der Waals surface area contributed by atoms with E-state index in [1.807, 2.05) is 0 Å². The second-order valence-corrected chi connectivity index (χ2v) is 6.40. The first-order valence-electron chi connectivity index (χ1n) is 8.48. The van der Waals surface area contributed by atoms with Crippen molar-refractivity contribution in [2.75, 3.05) is 17.2 Å². The van der Waals surface area contributed by atoms with Crippen LogP contribution in [0, 0.1) is 11.3 Å². The average molecular weight is 344 g/mol. The van der Waals surface area contributed by atoms with Crippen LogP contribution >= 0.6 is 0 Å². The zero-order valence-electron chi connectivity index (χ0n) is 14.3. The summed E-state index contributed by atoms with van der Waals surface area (Å²) < 4.78 is 0. The Morgan fingerprint density at radius 3 is 2.60 bits per heavy atom. The monoisotopic (exact) mass is 344 g/mol. The zero-order valence-corrected chi connectivity index (χ0v) is 14.3. The molecule has 4 N–H and O–H groups in total. The zero-order chi connectivity index (χ0) is 18.3. The van der Waals surface area contributed by atoms with E-state index >= 15 is 0 Å². The number of nitrogens with one attached hydrogen (secondary N) is 3. The molecule has 7 heteroatoms. The molecule has 0 aromatic heterocycles. The van der Waals surface area contributed by atoms with Crippen LogP contribution in [0.15, 0.2) is 24.3 Å². The van der Waals surface area contributed by atoms with Gasteiger partial charge in [0.05, 0.1) is 6.07 Å². The van der Waals surface area contributed by atoms with Gasteiger partial charge >= 0.3 is 0 Å². The van der Waals surface area contributed by atoms with E-state index in [1.54, 1.807) is 31.2 Å². The largest absolute Gasteiger partial charge is 0.387 e. The van der Waals surface area contributed by atoms with Crippen molar-refractivity contribution in [3.05, 3.63) is 24.3 Å². The van der Waals surface area contributed by atoms with Gasteiger partial charge in [0.25, 0.3) is 0 Å². The Labute approximate surface area is 147 Å². The van der Waals surface area contributed by atoms with E-state index in [2.05, 4.69) is 22.0 Å². The van der Waals surface area contributed by atoms with E-state index < -0.39 is 24.1 Å². The summed E-state index contributed by atoms with van der Waals surface area (Å²) in [6, 6.07) is 8.62. The van der Waals surface area contributed by atoms with Crippen molar-refractivity contribution >= 4 is 23.2 Å². The maximum absolute atomic E-state index is 12.5. The van der Waals surface area contributed by atoms with Crippen LogP contribution in [0.1, 0.15) is 39.0 Å². The number of aliphatic hydroxyl groups excluding tert-OH is 1. The van der Waals surface area contributed by atoms with E-state index in [0.717, 1.165) is 19.3 Å². The summed E-state index contributed by atoms with van der Waals surface area (Å²) in [7, 11) is 0. The molecule has 0 saturated heterocycles. The Balaban J connectivity index is 1.98. The lowest BCUT2D eigenvalue weighted by Crippen LogP contribution is -2.52. The Kier molecular flexibility index (Phi) is 6.37. The van der Waals surface area contributed by atoms with Gasteiger partial charge in [-0.3, -0.25) is 9.59 Å². The van der Waals surface area contributed by atoms with E-state index in [9.17, 15) is 14.9 Å². The van der Waals surface area contributed by atoms with Gasteiger partial charge < -0.3 is 21.1 Å². The molecule has 0 radical (unpaired) electrons. The lowest BCUT2D eigenvalue weighted by molar-refractivity contribution is -0.123. The van der Waals surface area contributed by atoms with Gasteiger partial charge in [0, 0.05) is 11.4 Å². The van der Waals surface area contributed by atoms with E-state index in [1.165, 1.54) is 0 Å². The molecule has 0 heterocycles. The van der Waals surface area contributed by atoms with Crippen molar-refractivity contribution in [1.82, 2.24) is 5.32 Å². The normalized spacial score (nSPS) is 17.0. The smallest absolute Gasteiger partial charge is 0.250 e. The topological polar surface area (TPSA) is 114 Å². The SMILES string of the molecule is C[C@@H](Nc1cccc(NC(=O)CO)c1)C(=O)NC1(C#N)CCCCC1. The fourth-order valence-electron chi connectivity index (χ4n) is 2.97. The first-order chi connectivity index (χ1) is 12.0. The van der Waals surface area contributed by atoms with Gasteiger partial charge in [-0.25, -0.2) is 0 Å². The molecule has 1 atom stereocenters. The summed E-state index contributed by atoms with van der Waals surface area (Å²) in [5, 5.41) is 26.7. The lowest BCUT2D eigenvalue weighted by Gasteiger charge is -2.32. The highest BCUT2D eigenvalue weighted by molar-refractivity contribution is 5.92. The van der Waals surface area contributed by atoms with Crippen LogP contribution < -0.4 is 16.0 Å². The Hall–Kier alpha value is -2.59. The van der Waals surface area contributed by atoms with E-state index in [4.69, 9.17) is 5.11 Å². The Morgan fingerprint density at radius 2 is 1.96 bits per heavy atom. The van der Waals surface area contributed by atoms with Gasteiger partial charge in [0.2, 0.25) is 11.8 Å². The molecule has 2 rings (SSSR count). The molecule has 1 fully saturated rings. The molecule has 0 bridgehead atoms. The van der Waals surface area contributed by atoms with Crippen molar-refractivity contribution in [2.24, 2.45) is 0 Å². The van der Waals surface area contributed by atoms with Gasteiger partial charge in [0.15, 0.2) is 0 Å². The van der Waals surface area contributed by atoms with Gasteiger partial charge in [-0.05, 0) is 38.0 Å². The van der Waals surface area contributed by atoms with E-state index in [0.29, 0.717) is 24.2 Å². The minimum atomic E-state index is -0.762. The number of rotatable bonds is 6. The van der Waals surface area contributed by atoms with Crippen molar-refractivity contribution in [2.45, 2.75) is 50.6 Å². The number of carbonyl (C=O) groups is 2. The average Bonchev–Trinajstić information content (AvgIpc) is 2.62. The molecule has 134 valence electrons. The number of hydrogen-bond acceptors (Lipinski definition) is 5. The summed E-state index contributed by atoms with van der Waals surface area (Å²) in [6.45, 7) is 1.13. The summed E-state index contributed by atoms with van der Waals surface area (Å²) in [5.74, 6) is -0.732. The molecule has 1 aliphatic rings. The Morgan fingerprint density at radius 1 is 1.28 bits per heavy atom. The minimum Gasteiger partial charge on any atom is -0.387 e. The predicted octanol–water partition coefficient (Wildman–Crippen LogP) is 1.76. The molecule has 1 aromatic rings. The molecule has 7 nitrogen and oxygen atoms in total. The fraction of sp³-hybridized carbons (Fsp3) is 0.500. The van der Waals surface area contributed by atoms with Crippen molar-refractivity contribution in [1.29, 1.82) is 5.26 Å². The fourth-order valence-corrected chi connectivity index (χ4v) is 2.97. The van der Waals surface area contributed by atoms with Crippen molar-refractivity contribution in [3.63, 3.8) is 0 Å². The summed E-state index contributed by atoms with van der Waals surface area (Å²) in [5.41, 5.74) is 0.424. The first kappa shape index (κ1) is 18.7. The molecule has 0 aliphatic heterocycles. The van der Waals surface area contributed by atoms with Gasteiger partial charge in [-0.1, -0.05) is 25.3 Å². The third-order valence-electron chi connectivity index (χ3n) is 4.35. The van der Waals surface area contributed by atoms with Crippen LogP contribution in [0.25, 0.3) is 0 Å². The highest BCUT2D eigenvalue weighted by Gasteiger charge is 2.34. The second-order valence-electron chi connectivity index (χ2n) is 6.40. The molecule has 1 aromatic carbocycles. The standard InChI is InChI=1S/C18H24N4O3/c1-13(17(25)22-18(12-19)8-3-2-4-9-18)20-14-6-5-7-15(10-14)21-16(24)11-23/h5-7,10,13,20,23H,2-4,8-9,11H2,1H3,(H,21,24)(H,22,25)/t13-/m1/s1. The molecule has 25 heavy (non-hydrogen) atoms. The molecular weight excluding hydrogens is 320 g/mol. The number of anilines is 2. The van der Waals surface area contributed by atoms with Crippen LogP contribution in [0.4, 0.5) is 11.4 Å². The molecule has 1 saturated carbocycles. The van der Waals surface area contributed by atoms with Gasteiger partial charge in [-0.15, -0.1) is 0 Å². The van der Waals surface area contributed by atoms with Crippen LogP contribution in [-0.4, -0.2) is 35.1 Å². The van der Waals surface area contributed by atoms with Crippen LogP contribution in [0.2, 0.25) is 0 Å². The quantitative estimate of drug-likeness (QED) is 0.628. The van der Waals surface area contributed by atoms with Gasteiger partial charge in [0.1, 0.15) is 18.2 Å². The molecule has 0 spiro atoms. The summed E-state index contributed by atoms with van der Waals surface area (Å²) >= 11 is 0. The Bertz CT molecular complexity index is 663. The molecule has 2 amide bonds. The predicted molar refractivity (Wildman–Crippen MR) is 94.8 cm³/mol. The number of benzene rings is 1. The first-order valence-corrected chi connectivity index (χ1v) is 8.48. The van der Waals surface area contributed by atoms with Crippen molar-refractivity contribution in [3.8, 4) is 6.07 Å². The molecule has 1 aliphatic carbocycles. The molecular formula is C18H24N4O3. The number of carbonyl (C=O) groups excluding carboxylic acids is 2. The van der Waals surface area contributed by atoms with Crippen molar-refractivity contribution < 1.29 is 14.7 Å². The third kappa shape index (κ3) is 5.19.